The predicted molar refractivity (Wildman–Crippen MR) is 90.6 cm³/mol. The van der Waals surface area contributed by atoms with E-state index in [2.05, 4.69) is 12.2 Å². The highest BCUT2D eigenvalue weighted by molar-refractivity contribution is 7.89. The van der Waals surface area contributed by atoms with Gasteiger partial charge < -0.3 is 5.32 Å². The molecule has 0 atom stereocenters. The van der Waals surface area contributed by atoms with Gasteiger partial charge in [0.15, 0.2) is 0 Å². The molecule has 0 saturated carbocycles. The summed E-state index contributed by atoms with van der Waals surface area (Å²) in [5.74, 6) is -0.0789. The summed E-state index contributed by atoms with van der Waals surface area (Å²) in [7, 11) is -3.68. The van der Waals surface area contributed by atoms with Crippen molar-refractivity contribution in [3.63, 3.8) is 0 Å². The Bertz CT molecular complexity index is 766. The Morgan fingerprint density at radius 2 is 1.57 bits per heavy atom. The number of hydrogen-bond acceptors (Lipinski definition) is 3. The fourth-order valence-electron chi connectivity index (χ4n) is 2.15. The van der Waals surface area contributed by atoms with Crippen LogP contribution in [-0.4, -0.2) is 14.3 Å². The molecular formula is C17H20N2O3S. The molecule has 0 aliphatic carbocycles. The van der Waals surface area contributed by atoms with E-state index in [4.69, 9.17) is 5.14 Å². The van der Waals surface area contributed by atoms with Crippen LogP contribution >= 0.6 is 0 Å². The Morgan fingerprint density at radius 3 is 2.09 bits per heavy atom. The molecule has 3 N–H and O–H groups in total. The molecule has 0 saturated heterocycles. The Hall–Kier alpha value is -2.18. The lowest BCUT2D eigenvalue weighted by Crippen LogP contribution is -2.13. The van der Waals surface area contributed by atoms with Crippen molar-refractivity contribution in [1.29, 1.82) is 0 Å². The van der Waals surface area contributed by atoms with E-state index < -0.39 is 10.0 Å². The molecule has 0 heterocycles. The third-order valence-electron chi connectivity index (χ3n) is 3.54. The molecular weight excluding hydrogens is 312 g/mol. The molecule has 23 heavy (non-hydrogen) atoms. The average molecular weight is 332 g/mol. The van der Waals surface area contributed by atoms with Crippen molar-refractivity contribution in [3.8, 4) is 0 Å². The maximum Gasteiger partial charge on any atom is 0.238 e. The highest BCUT2D eigenvalue weighted by atomic mass is 32.2. The van der Waals surface area contributed by atoms with Gasteiger partial charge in [-0.05, 0) is 48.2 Å². The first kappa shape index (κ1) is 17.2. The standard InChI is InChI=1S/C17H20N2O3S/c1-2-13-3-8-15(9-4-13)19-17(20)12-7-14-5-10-16(11-6-14)23(18,21)22/h3-6,8-11H,2,7,12H2,1H3,(H,19,20)(H2,18,21,22). The number of rotatable bonds is 6. The molecule has 0 radical (unpaired) electrons. The van der Waals surface area contributed by atoms with Gasteiger partial charge >= 0.3 is 0 Å². The fraction of sp³-hybridized carbons (Fsp3) is 0.235. The van der Waals surface area contributed by atoms with E-state index in [-0.39, 0.29) is 10.8 Å². The summed E-state index contributed by atoms with van der Waals surface area (Å²) in [5.41, 5.74) is 2.88. The SMILES string of the molecule is CCc1ccc(NC(=O)CCc2ccc(S(N)(=O)=O)cc2)cc1. The van der Waals surface area contributed by atoms with Crippen LogP contribution in [0.2, 0.25) is 0 Å². The first-order valence-corrected chi connectivity index (χ1v) is 8.93. The van der Waals surface area contributed by atoms with Gasteiger partial charge in [0.25, 0.3) is 0 Å². The molecule has 5 nitrogen and oxygen atoms in total. The molecule has 2 rings (SSSR count). The third-order valence-corrected chi connectivity index (χ3v) is 4.47. The van der Waals surface area contributed by atoms with Crippen LogP contribution in [0.3, 0.4) is 0 Å². The zero-order valence-electron chi connectivity index (χ0n) is 13.0. The minimum absolute atomic E-state index is 0.0710. The molecule has 0 aliphatic heterocycles. The molecule has 0 unspecified atom stereocenters. The van der Waals surface area contributed by atoms with Crippen LogP contribution in [0, 0.1) is 0 Å². The second kappa shape index (κ2) is 7.39. The number of aryl methyl sites for hydroxylation is 2. The number of primary sulfonamides is 1. The second-order valence-electron chi connectivity index (χ2n) is 5.29. The molecule has 0 spiro atoms. The summed E-state index contributed by atoms with van der Waals surface area (Å²) in [6, 6.07) is 14.0. The Labute approximate surface area is 136 Å². The van der Waals surface area contributed by atoms with Gasteiger partial charge in [-0.25, -0.2) is 13.6 Å². The largest absolute Gasteiger partial charge is 0.326 e. The monoisotopic (exact) mass is 332 g/mol. The number of hydrogen-bond donors (Lipinski definition) is 2. The predicted octanol–water partition coefficient (Wildman–Crippen LogP) is 2.47. The first-order chi connectivity index (χ1) is 10.9. The van der Waals surface area contributed by atoms with E-state index in [0.29, 0.717) is 12.8 Å². The molecule has 6 heteroatoms. The lowest BCUT2D eigenvalue weighted by Gasteiger charge is -2.06. The number of carbonyl (C=O) groups excluding carboxylic acids is 1. The average Bonchev–Trinajstić information content (AvgIpc) is 2.53. The van der Waals surface area contributed by atoms with Gasteiger partial charge in [-0.2, -0.15) is 0 Å². The van der Waals surface area contributed by atoms with Crippen LogP contribution < -0.4 is 10.5 Å². The molecule has 0 bridgehead atoms. The van der Waals surface area contributed by atoms with E-state index in [1.807, 2.05) is 24.3 Å². The van der Waals surface area contributed by atoms with E-state index >= 15 is 0 Å². The van der Waals surface area contributed by atoms with Gasteiger partial charge in [-0.3, -0.25) is 4.79 Å². The number of benzene rings is 2. The molecule has 0 fully saturated rings. The topological polar surface area (TPSA) is 89.3 Å². The van der Waals surface area contributed by atoms with Crippen molar-refractivity contribution in [1.82, 2.24) is 0 Å². The van der Waals surface area contributed by atoms with Crippen LogP contribution in [-0.2, 0) is 27.7 Å². The van der Waals surface area contributed by atoms with Crippen molar-refractivity contribution in [2.45, 2.75) is 31.1 Å². The Kier molecular flexibility index (Phi) is 5.52. The summed E-state index contributed by atoms with van der Waals surface area (Å²) >= 11 is 0. The molecule has 0 aromatic heterocycles. The number of nitrogens with one attached hydrogen (secondary N) is 1. The van der Waals surface area contributed by atoms with Crippen molar-refractivity contribution >= 4 is 21.6 Å². The second-order valence-corrected chi connectivity index (χ2v) is 6.85. The number of anilines is 1. The maximum atomic E-state index is 11.9. The van der Waals surface area contributed by atoms with Crippen LogP contribution in [0.1, 0.15) is 24.5 Å². The number of sulfonamides is 1. The molecule has 2 aromatic carbocycles. The van der Waals surface area contributed by atoms with Gasteiger partial charge in [0, 0.05) is 12.1 Å². The summed E-state index contributed by atoms with van der Waals surface area (Å²) in [5, 5.41) is 7.89. The number of nitrogens with two attached hydrogens (primary N) is 1. The van der Waals surface area contributed by atoms with Crippen LogP contribution in [0.25, 0.3) is 0 Å². The quantitative estimate of drug-likeness (QED) is 0.851. The molecule has 2 aromatic rings. The van der Waals surface area contributed by atoms with Gasteiger partial charge in [-0.15, -0.1) is 0 Å². The third kappa shape index (κ3) is 5.19. The summed E-state index contributed by atoms with van der Waals surface area (Å²) in [6.07, 6.45) is 1.82. The zero-order valence-corrected chi connectivity index (χ0v) is 13.8. The number of amides is 1. The molecule has 0 aliphatic rings. The van der Waals surface area contributed by atoms with Crippen LogP contribution in [0.4, 0.5) is 5.69 Å². The van der Waals surface area contributed by atoms with Crippen molar-refractivity contribution in [3.05, 3.63) is 59.7 Å². The summed E-state index contributed by atoms with van der Waals surface area (Å²) in [4.78, 5) is 12.0. The van der Waals surface area contributed by atoms with Crippen molar-refractivity contribution in [2.24, 2.45) is 5.14 Å². The van der Waals surface area contributed by atoms with E-state index in [9.17, 15) is 13.2 Å². The lowest BCUT2D eigenvalue weighted by atomic mass is 10.1. The minimum Gasteiger partial charge on any atom is -0.326 e. The fourth-order valence-corrected chi connectivity index (χ4v) is 2.67. The van der Waals surface area contributed by atoms with Crippen molar-refractivity contribution < 1.29 is 13.2 Å². The lowest BCUT2D eigenvalue weighted by molar-refractivity contribution is -0.116. The van der Waals surface area contributed by atoms with Gasteiger partial charge in [0.2, 0.25) is 15.9 Å². The van der Waals surface area contributed by atoms with E-state index in [1.165, 1.54) is 17.7 Å². The van der Waals surface area contributed by atoms with Crippen molar-refractivity contribution in [2.75, 3.05) is 5.32 Å². The van der Waals surface area contributed by atoms with E-state index in [0.717, 1.165) is 17.7 Å². The molecule has 122 valence electrons. The Balaban J connectivity index is 1.88. The van der Waals surface area contributed by atoms with Crippen LogP contribution in [0.5, 0.6) is 0 Å². The smallest absolute Gasteiger partial charge is 0.238 e. The summed E-state index contributed by atoms with van der Waals surface area (Å²) in [6.45, 7) is 2.08. The van der Waals surface area contributed by atoms with Gasteiger partial charge in [0.05, 0.1) is 4.90 Å². The first-order valence-electron chi connectivity index (χ1n) is 7.39. The molecule has 1 amide bonds. The van der Waals surface area contributed by atoms with Gasteiger partial charge in [-0.1, -0.05) is 31.2 Å². The highest BCUT2D eigenvalue weighted by Crippen LogP contribution is 2.13. The van der Waals surface area contributed by atoms with Crippen LogP contribution in [0.15, 0.2) is 53.4 Å². The zero-order chi connectivity index (χ0) is 16.9. The highest BCUT2D eigenvalue weighted by Gasteiger charge is 2.08. The normalized spacial score (nSPS) is 11.2. The summed E-state index contributed by atoms with van der Waals surface area (Å²) < 4.78 is 22.3. The maximum absolute atomic E-state index is 11.9. The number of carbonyl (C=O) groups is 1. The van der Waals surface area contributed by atoms with Gasteiger partial charge in [0.1, 0.15) is 0 Å². The minimum atomic E-state index is -3.68. The Morgan fingerprint density at radius 1 is 1.00 bits per heavy atom. The van der Waals surface area contributed by atoms with E-state index in [1.54, 1.807) is 12.1 Å².